The highest BCUT2D eigenvalue weighted by Crippen LogP contribution is 2.54. The number of alkyl halides is 3. The van der Waals surface area contributed by atoms with Crippen LogP contribution in [0.5, 0.6) is 0 Å². The van der Waals surface area contributed by atoms with E-state index >= 15 is 4.39 Å². The third-order valence-corrected chi connectivity index (χ3v) is 18.0. The highest BCUT2D eigenvalue weighted by molar-refractivity contribution is 6.10. The van der Waals surface area contributed by atoms with E-state index in [0.717, 1.165) is 122 Å². The van der Waals surface area contributed by atoms with E-state index in [9.17, 15) is 32.3 Å². The summed E-state index contributed by atoms with van der Waals surface area (Å²) in [5.41, 5.74) is 2.74. The molecule has 404 valence electrons. The zero-order valence-electron chi connectivity index (χ0n) is 43.3. The van der Waals surface area contributed by atoms with Crippen LogP contribution in [0.1, 0.15) is 137 Å². The second-order valence-electron chi connectivity index (χ2n) is 23.0. The highest BCUT2D eigenvalue weighted by atomic mass is 19.4. The summed E-state index contributed by atoms with van der Waals surface area (Å²) in [6, 6.07) is 13.2. The number of aromatic nitrogens is 3. The topological polar surface area (TPSA) is 140 Å². The lowest BCUT2D eigenvalue weighted by molar-refractivity contribution is -0.138. The average Bonchev–Trinajstić information content (AvgIpc) is 3.90. The van der Waals surface area contributed by atoms with Crippen LogP contribution in [-0.2, 0) is 47.2 Å². The van der Waals surface area contributed by atoms with Crippen molar-refractivity contribution in [1.29, 1.82) is 0 Å². The number of hydrogen-bond acceptors (Lipinski definition) is 11. The Hall–Kier alpha value is -5.76. The molecule has 15 nitrogen and oxygen atoms in total. The Labute approximate surface area is 440 Å². The minimum atomic E-state index is -4.59. The third-order valence-electron chi connectivity index (χ3n) is 18.0. The Morgan fingerprint density at radius 3 is 2.21 bits per heavy atom. The molecule has 8 aliphatic rings. The molecule has 2 saturated carbocycles. The lowest BCUT2D eigenvalue weighted by atomic mass is 9.86. The van der Waals surface area contributed by atoms with Crippen molar-refractivity contribution in [3.63, 3.8) is 0 Å². The molecule has 12 rings (SSSR count). The van der Waals surface area contributed by atoms with Crippen LogP contribution < -0.4 is 15.1 Å². The molecule has 4 aromatic rings. The Morgan fingerprint density at radius 1 is 0.737 bits per heavy atom. The Kier molecular flexibility index (Phi) is 14.0. The lowest BCUT2D eigenvalue weighted by Crippen LogP contribution is -2.52. The molecule has 19 heteroatoms. The summed E-state index contributed by atoms with van der Waals surface area (Å²) >= 11 is 0. The number of piperidine rings is 3. The van der Waals surface area contributed by atoms with Crippen molar-refractivity contribution in [2.45, 2.75) is 127 Å². The first-order valence-electron chi connectivity index (χ1n) is 27.7. The number of imide groups is 1. The number of nitrogens with zero attached hydrogens (tertiary/aromatic N) is 9. The van der Waals surface area contributed by atoms with Gasteiger partial charge in [0.1, 0.15) is 18.2 Å². The summed E-state index contributed by atoms with van der Waals surface area (Å²) in [7, 11) is 1.92. The predicted molar refractivity (Wildman–Crippen MR) is 275 cm³/mol. The zero-order chi connectivity index (χ0) is 52.4. The zero-order valence-corrected chi connectivity index (χ0v) is 43.3. The molecule has 1 aromatic heterocycles. The number of carbonyl (C=O) groups excluding carboxylic acids is 4. The van der Waals surface area contributed by atoms with Gasteiger partial charge in [-0.1, -0.05) is 12.1 Å². The van der Waals surface area contributed by atoms with Crippen molar-refractivity contribution in [2.75, 3.05) is 75.2 Å². The molecule has 3 unspecified atom stereocenters. The van der Waals surface area contributed by atoms with Crippen LogP contribution in [0.15, 0.2) is 54.9 Å². The summed E-state index contributed by atoms with van der Waals surface area (Å²) in [5.74, 6) is 0.367. The number of halogens is 4. The molecule has 6 fully saturated rings. The van der Waals surface area contributed by atoms with Gasteiger partial charge in [-0.2, -0.15) is 13.2 Å². The van der Waals surface area contributed by atoms with Crippen LogP contribution in [0.2, 0.25) is 0 Å². The van der Waals surface area contributed by atoms with Gasteiger partial charge in [0, 0.05) is 107 Å². The van der Waals surface area contributed by atoms with E-state index in [1.165, 1.54) is 15.9 Å². The fourth-order valence-electron chi connectivity index (χ4n) is 13.8. The van der Waals surface area contributed by atoms with E-state index < -0.39 is 29.5 Å². The number of ether oxygens (including phenoxy) is 1. The third kappa shape index (κ3) is 10.4. The molecule has 4 amide bonds. The molecular weight excluding hydrogens is 981 g/mol. The molecular formula is C57H68F4N10O5. The van der Waals surface area contributed by atoms with Crippen molar-refractivity contribution in [3.05, 3.63) is 105 Å². The molecule has 3 aromatic carbocycles. The molecule has 6 aliphatic heterocycles. The molecule has 0 spiro atoms. The molecule has 4 saturated heterocycles. The SMILES string of the molecule is Cn1cnnc1C1CC1c1cccc(N2Cc3c(cc(CN4CCC[C@H](CN5CCN(C[C@H]6CC[C@H](OC7CCN(c8ccc9c(c8F)CN(C8CCC(=O)NC8=O)C9=O)CC7)CC6)CC5)C4)cc3C(F)(F)F)C2=O)c1. The summed E-state index contributed by atoms with van der Waals surface area (Å²) in [4.78, 5) is 63.7. The van der Waals surface area contributed by atoms with Crippen LogP contribution in [0, 0.1) is 17.7 Å². The smallest absolute Gasteiger partial charge is 0.375 e. The Balaban J connectivity index is 0.573. The maximum atomic E-state index is 16.0. The van der Waals surface area contributed by atoms with E-state index in [1.54, 1.807) is 24.5 Å². The van der Waals surface area contributed by atoms with Crippen molar-refractivity contribution in [2.24, 2.45) is 18.9 Å². The quantitative estimate of drug-likeness (QED) is 0.107. The number of aryl methyl sites for hydroxylation is 1. The molecule has 7 heterocycles. The molecule has 2 aliphatic carbocycles. The highest BCUT2D eigenvalue weighted by Gasteiger charge is 2.45. The molecule has 0 bridgehead atoms. The molecule has 1 N–H and O–H groups in total. The maximum Gasteiger partial charge on any atom is 0.416 e. The Morgan fingerprint density at radius 2 is 1.49 bits per heavy atom. The van der Waals surface area contributed by atoms with Gasteiger partial charge in [0.25, 0.3) is 11.8 Å². The normalized spacial score (nSPS) is 27.1. The van der Waals surface area contributed by atoms with Gasteiger partial charge in [0.05, 0.1) is 36.5 Å². The minimum Gasteiger partial charge on any atom is -0.375 e. The van der Waals surface area contributed by atoms with Gasteiger partial charge in [0.15, 0.2) is 5.82 Å². The van der Waals surface area contributed by atoms with E-state index in [0.29, 0.717) is 54.0 Å². The first kappa shape index (κ1) is 51.0. The summed E-state index contributed by atoms with van der Waals surface area (Å²) in [6.07, 6.45) is 6.77. The molecule has 0 radical (unpaired) electrons. The van der Waals surface area contributed by atoms with Crippen LogP contribution >= 0.6 is 0 Å². The first-order valence-corrected chi connectivity index (χ1v) is 27.7. The van der Waals surface area contributed by atoms with Gasteiger partial charge in [0.2, 0.25) is 11.8 Å². The number of carbonyl (C=O) groups is 4. The largest absolute Gasteiger partial charge is 0.416 e. The number of piperazine rings is 1. The average molecular weight is 1050 g/mol. The van der Waals surface area contributed by atoms with Crippen molar-refractivity contribution < 1.29 is 41.5 Å². The number of benzene rings is 3. The fourth-order valence-corrected chi connectivity index (χ4v) is 13.8. The lowest BCUT2D eigenvalue weighted by Gasteiger charge is -2.41. The molecule has 76 heavy (non-hydrogen) atoms. The summed E-state index contributed by atoms with van der Waals surface area (Å²) < 4.78 is 68.9. The van der Waals surface area contributed by atoms with Crippen molar-refractivity contribution in [3.8, 4) is 0 Å². The number of hydrogen-bond donors (Lipinski definition) is 1. The second-order valence-corrected chi connectivity index (χ2v) is 23.0. The van der Waals surface area contributed by atoms with Crippen molar-refractivity contribution in [1.82, 2.24) is 39.7 Å². The van der Waals surface area contributed by atoms with Crippen LogP contribution in [0.3, 0.4) is 0 Å². The van der Waals surface area contributed by atoms with Crippen LogP contribution in [-0.4, -0.2) is 142 Å². The minimum absolute atomic E-state index is 0.0126. The van der Waals surface area contributed by atoms with E-state index in [4.69, 9.17) is 4.74 Å². The van der Waals surface area contributed by atoms with Crippen LogP contribution in [0.25, 0.3) is 0 Å². The number of fused-ring (bicyclic) bond motifs is 2. The standard InChI is InChI=1S/C57H68F4N10O5/c1-65-34-62-64-53(65)44-27-43(44)38-5-2-6-39(26-38)70-32-46-45(56(70)75)24-37(25-48(46)57(59,60)61)31-68-17-3-4-36(30-68)29-67-22-20-66(21-23-67)28-35-7-9-40(10-8-35)76-41-15-18-69(19-16-41)49-12-11-42-47(52(49)58)33-71(55(42)74)50-13-14-51(72)63-54(50)73/h2,5-6,11-12,24-26,34-36,40-41,43-44,50H,3-4,7-10,13-23,27-33H2,1H3,(H,63,72,73)/t35-,36-,40-,43?,44?,50?/m1/s1. The maximum absolute atomic E-state index is 16.0. The molecule has 4 atom stereocenters. The van der Waals surface area contributed by atoms with Gasteiger partial charge in [-0.25, -0.2) is 4.39 Å². The summed E-state index contributed by atoms with van der Waals surface area (Å²) in [5, 5.41) is 10.6. The van der Waals surface area contributed by atoms with Gasteiger partial charge in [-0.3, -0.25) is 29.4 Å². The number of anilines is 2. The number of likely N-dealkylation sites (tertiary alicyclic amines) is 1. The van der Waals surface area contributed by atoms with E-state index in [2.05, 4.69) is 30.2 Å². The van der Waals surface area contributed by atoms with Gasteiger partial charge >= 0.3 is 6.18 Å². The Bertz CT molecular complexity index is 2870. The predicted octanol–water partition coefficient (Wildman–Crippen LogP) is 7.24. The summed E-state index contributed by atoms with van der Waals surface area (Å²) in [6.45, 7) is 9.35. The monoisotopic (exact) mass is 1050 g/mol. The van der Waals surface area contributed by atoms with Crippen molar-refractivity contribution >= 4 is 35.0 Å². The number of nitrogens with one attached hydrogen (secondary N) is 1. The van der Waals surface area contributed by atoms with Gasteiger partial charge in [-0.05, 0) is 142 Å². The number of rotatable bonds is 13. The van der Waals surface area contributed by atoms with Gasteiger partial charge < -0.3 is 33.8 Å². The van der Waals surface area contributed by atoms with Crippen LogP contribution in [0.4, 0.5) is 28.9 Å². The van der Waals surface area contributed by atoms with E-state index in [1.807, 2.05) is 40.8 Å². The second kappa shape index (κ2) is 20.9. The number of amides is 4. The fraction of sp³-hybridized carbons (Fsp3) is 0.579. The first-order chi connectivity index (χ1) is 36.7. The van der Waals surface area contributed by atoms with Gasteiger partial charge in [-0.15, -0.1) is 10.2 Å². The van der Waals surface area contributed by atoms with E-state index in [-0.39, 0.29) is 84.4 Å².